The van der Waals surface area contributed by atoms with Crippen LogP contribution in [0.4, 0.5) is 0 Å². The summed E-state index contributed by atoms with van der Waals surface area (Å²) in [6, 6.07) is 12.6. The Morgan fingerprint density at radius 1 is 0.259 bits per heavy atom. The Morgan fingerprint density at radius 3 is 0.605 bits per heavy atom. The van der Waals surface area contributed by atoms with E-state index in [4.69, 9.17) is 24.0 Å². The number of benzene rings is 2. The summed E-state index contributed by atoms with van der Waals surface area (Å²) in [5, 5.41) is 1.93. The fourth-order valence-electron chi connectivity index (χ4n) is 24.2. The molecule has 18 heteroatoms. The van der Waals surface area contributed by atoms with Gasteiger partial charge in [0.2, 0.25) is 0 Å². The van der Waals surface area contributed by atoms with Gasteiger partial charge < -0.3 is 0 Å². The van der Waals surface area contributed by atoms with Crippen LogP contribution in [0.2, 0.25) is 295 Å². The first kappa shape index (κ1) is 80.7. The summed E-state index contributed by atoms with van der Waals surface area (Å²) in [7, 11) is -29.8. The van der Waals surface area contributed by atoms with E-state index in [2.05, 4.69) is 319 Å². The third-order valence-electron chi connectivity index (χ3n) is 20.5. The Hall–Kier alpha value is 3.58. The molecule has 0 aliphatic heterocycles. The zero-order valence-electron chi connectivity index (χ0n) is 63.3. The number of hydrogen-bond donors (Lipinski definition) is 0. The van der Waals surface area contributed by atoms with Gasteiger partial charge in [-0.3, -0.25) is 0 Å². The molecule has 0 atom stereocenters. The zero-order valence-corrected chi connectivity index (χ0v) is 85.4. The van der Waals surface area contributed by atoms with Crippen LogP contribution in [0.15, 0.2) is 24.3 Å². The van der Waals surface area contributed by atoms with Crippen LogP contribution in [0.25, 0.3) is 0 Å². The minimum absolute atomic E-state index is 0.170. The zero-order chi connectivity index (χ0) is 65.7. The molecule has 0 aromatic heterocycles. The molecule has 2 aromatic rings. The Balaban J connectivity index is 4.74. The van der Waals surface area contributed by atoms with Crippen molar-refractivity contribution in [3.63, 3.8) is 0 Å². The van der Waals surface area contributed by atoms with E-state index in [0.717, 1.165) is 0 Å². The van der Waals surface area contributed by atoms with Crippen LogP contribution in [0.3, 0.4) is 0 Å². The van der Waals surface area contributed by atoms with Gasteiger partial charge >= 0.3 is 548 Å². The number of hydrogen-bond acceptors (Lipinski definition) is 0. The molecule has 0 N–H and O–H groups in total. The van der Waals surface area contributed by atoms with Gasteiger partial charge in [0.05, 0.1) is 0 Å². The van der Waals surface area contributed by atoms with Crippen molar-refractivity contribution in [2.24, 2.45) is 0 Å². The summed E-state index contributed by atoms with van der Waals surface area (Å²) in [6.07, 6.45) is 0. The SMILES string of the molecule is C[Si](C)(C)C(c1cc(C([Si](C)(C)C)[Si](C)(C)C)[c]([Pb]([Br])([Br])[c]2c(C([Si](C)(C)C)([Si](C)(C)C)[Si](C)(C)C)cc(C([Si](C)(C)C)([Si](C)(C)C)[Si](C)(C)C)cc2C([Si](C)(C)C)([Si](C)(C)C)[Si](C)(C)C)c(C([Si](C)(C)C)[Si](C)(C)C)c1)[Si](C)(C)C. The monoisotopic (exact) mass is 1680 g/mol. The first-order valence-corrected chi connectivity index (χ1v) is 106. The van der Waals surface area contributed by atoms with Crippen LogP contribution < -0.4 is 6.25 Å². The molecule has 0 heterocycles. The van der Waals surface area contributed by atoms with Crippen LogP contribution >= 0.6 is 24.0 Å². The average molecular weight is 1690 g/mol. The fourth-order valence-corrected chi connectivity index (χ4v) is 183. The van der Waals surface area contributed by atoms with Crippen molar-refractivity contribution < 1.29 is 0 Å². The normalized spacial score (nSPS) is 16.2. The third-order valence-corrected chi connectivity index (χ3v) is 135. The van der Waals surface area contributed by atoms with Crippen LogP contribution in [-0.2, 0) is 12.9 Å². The summed E-state index contributed by atoms with van der Waals surface area (Å²) in [4.78, 5) is 0. The molecule has 0 bridgehead atoms. The molecule has 0 aliphatic rings. The Morgan fingerprint density at radius 2 is 0.444 bits per heavy atom. The van der Waals surface area contributed by atoms with Gasteiger partial charge in [0, 0.05) is 0 Å². The number of halogens is 2. The summed E-state index contributed by atoms with van der Waals surface area (Å²) >= 11 is 6.54. The second-order valence-corrected chi connectivity index (χ2v) is 166. The molecule has 81 heavy (non-hydrogen) atoms. The third kappa shape index (κ3) is 14.7. The molecule has 0 unspecified atom stereocenters. The van der Waals surface area contributed by atoms with E-state index in [1.165, 1.54) is 0 Å². The van der Waals surface area contributed by atoms with Crippen molar-refractivity contribution in [2.75, 3.05) is 0 Å². The van der Waals surface area contributed by atoms with Crippen molar-refractivity contribution in [3.8, 4) is 0 Å². The molecule has 0 saturated carbocycles. The predicted octanol–water partition coefficient (Wildman–Crippen LogP) is 23.2. The maximum atomic E-state index is 5.66. The van der Waals surface area contributed by atoms with Crippen molar-refractivity contribution >= 4 is 168 Å². The maximum absolute atomic E-state index is 5.66. The molecule has 0 saturated heterocycles. The molecule has 0 radical (unpaired) electrons. The van der Waals surface area contributed by atoms with Crippen LogP contribution in [-0.4, -0.2) is 137 Å². The van der Waals surface area contributed by atoms with Crippen LogP contribution in [0, 0.1) is 0 Å². The summed E-state index contributed by atoms with van der Waals surface area (Å²) in [5.74, 6) is 0. The molecule has 2 rings (SSSR count). The second-order valence-electron chi connectivity index (χ2n) is 42.6. The Bertz CT molecular complexity index is 2280. The first-order chi connectivity index (χ1) is 34.5. The van der Waals surface area contributed by atoms with E-state index in [0.29, 0.717) is 15.5 Å². The molecule has 0 aliphatic carbocycles. The van der Waals surface area contributed by atoms with Crippen molar-refractivity contribution in [3.05, 3.63) is 57.6 Å². The van der Waals surface area contributed by atoms with E-state index < -0.39 is 137 Å². The molecular weight excluding hydrogens is 1540 g/mol. The van der Waals surface area contributed by atoms with Gasteiger partial charge in [-0.05, 0) is 0 Å². The number of rotatable bonds is 23. The van der Waals surface area contributed by atoms with Crippen molar-refractivity contribution in [1.82, 2.24) is 0 Å². The topological polar surface area (TPSA) is 0 Å². The van der Waals surface area contributed by atoms with Gasteiger partial charge in [-0.2, -0.15) is 0 Å². The van der Waals surface area contributed by atoms with Gasteiger partial charge in [0.25, 0.3) is 0 Å². The fraction of sp³-hybridized carbons (Fsp3) is 0.810. The van der Waals surface area contributed by atoms with E-state index >= 15 is 0 Å². The summed E-state index contributed by atoms with van der Waals surface area (Å²) < 4.78 is 4.47. The summed E-state index contributed by atoms with van der Waals surface area (Å²) in [6.45, 7) is 128. The van der Waals surface area contributed by atoms with Gasteiger partial charge in [0.15, 0.2) is 0 Å². The Kier molecular flexibility index (Phi) is 23.8. The van der Waals surface area contributed by atoms with Gasteiger partial charge in [-0.25, -0.2) is 0 Å². The summed E-state index contributed by atoms with van der Waals surface area (Å²) in [5.41, 5.74) is 11.3. The van der Waals surface area contributed by atoms with E-state index in [9.17, 15) is 0 Å². The molecule has 472 valence electrons. The molecule has 0 amide bonds. The Labute approximate surface area is 541 Å². The second kappa shape index (κ2) is 23.9. The van der Waals surface area contributed by atoms with Gasteiger partial charge in [0.1, 0.15) is 0 Å². The van der Waals surface area contributed by atoms with Gasteiger partial charge in [-0.1, -0.05) is 0 Å². The van der Waals surface area contributed by atoms with Crippen molar-refractivity contribution in [2.45, 2.75) is 323 Å². The van der Waals surface area contributed by atoms with E-state index in [1.54, 1.807) is 5.56 Å². The quantitative estimate of drug-likeness (QED) is 0.0973. The van der Waals surface area contributed by atoms with E-state index in [1.807, 2.05) is 34.1 Å². The molecule has 2 aromatic carbocycles. The average Bonchev–Trinajstić information content (AvgIpc) is 3.02. The van der Waals surface area contributed by atoms with Crippen LogP contribution in [0.5, 0.6) is 0 Å². The molecular formula is C63H142Br2PbSi15. The molecule has 0 spiro atoms. The first-order valence-electron chi connectivity index (χ1n) is 32.3. The molecule has 0 nitrogen and oxygen atoms in total. The molecule has 0 fully saturated rings. The van der Waals surface area contributed by atoms with Crippen molar-refractivity contribution in [1.29, 1.82) is 0 Å². The predicted molar refractivity (Wildman–Crippen MR) is 439 cm³/mol. The standard InChI is InChI=1S/C36H83Si9.C27H59Si6.2BrH.Pb/c1-37(2,3)34(38(4,5)6,39(7,8)9)31-28-32(35(40(10,11)12,41(13,14)15)42(16,17)18)30-33(29-31)36(43(19,20)21,44(22,23)24)45(25,26)27;1-28(2,3)25(29(4,5)6)22-19-23(26(30(7,8)9)31(10,11)12)21-24(20-22)27(32(13,14)15)33(16,17)18;;;/h28-29H,1-27H3;19-20,25-27H,1-18H3;2*1H;/q;;;;+2/p-2. The van der Waals surface area contributed by atoms with E-state index in [-0.39, 0.29) is 12.9 Å². The van der Waals surface area contributed by atoms with Gasteiger partial charge in [-0.15, -0.1) is 0 Å². The minimum atomic E-state index is -4.78. The van der Waals surface area contributed by atoms with Crippen LogP contribution in [0.1, 0.15) is 48.9 Å².